The SMILES string of the molecule is CCC(C)C(NC(=O)C(CO)NC(=O)C(NC(=O)C(N)Cc1ccccc1)C(C)CC)C(=O)O. The minimum Gasteiger partial charge on any atom is -0.480 e. The molecule has 10 heteroatoms. The lowest BCUT2D eigenvalue weighted by molar-refractivity contribution is -0.144. The number of benzene rings is 1. The highest BCUT2D eigenvalue weighted by Crippen LogP contribution is 2.11. The molecule has 3 amide bonds. The Balaban J connectivity index is 2.88. The first-order chi connectivity index (χ1) is 16.0. The number of carbonyl (C=O) groups excluding carboxylic acids is 3. The van der Waals surface area contributed by atoms with Crippen molar-refractivity contribution in [3.63, 3.8) is 0 Å². The van der Waals surface area contributed by atoms with Crippen LogP contribution >= 0.6 is 0 Å². The molecule has 1 rings (SSSR count). The van der Waals surface area contributed by atoms with Crippen LogP contribution in [0.4, 0.5) is 0 Å². The molecule has 0 fully saturated rings. The number of aliphatic hydroxyl groups is 1. The van der Waals surface area contributed by atoms with Crippen LogP contribution in [-0.4, -0.2) is 64.7 Å². The van der Waals surface area contributed by atoms with Crippen molar-refractivity contribution in [1.29, 1.82) is 0 Å². The van der Waals surface area contributed by atoms with E-state index >= 15 is 0 Å². The molecule has 0 saturated heterocycles. The molecule has 190 valence electrons. The van der Waals surface area contributed by atoms with Gasteiger partial charge >= 0.3 is 5.97 Å². The summed E-state index contributed by atoms with van der Waals surface area (Å²) in [5.74, 6) is -3.85. The number of hydrogen-bond acceptors (Lipinski definition) is 6. The van der Waals surface area contributed by atoms with Crippen LogP contribution in [0.25, 0.3) is 0 Å². The van der Waals surface area contributed by atoms with E-state index in [4.69, 9.17) is 5.73 Å². The number of carboxylic acid groups (broad SMARTS) is 1. The summed E-state index contributed by atoms with van der Waals surface area (Å²) in [6.07, 6.45) is 1.35. The molecule has 1 aromatic rings. The Morgan fingerprint density at radius 2 is 1.38 bits per heavy atom. The predicted octanol–water partition coefficient (Wildman–Crippen LogP) is 0.180. The first kappa shape index (κ1) is 29.1. The van der Waals surface area contributed by atoms with Gasteiger partial charge in [-0.25, -0.2) is 4.79 Å². The maximum absolute atomic E-state index is 13.0. The number of hydrogen-bond donors (Lipinski definition) is 6. The number of carboxylic acids is 1. The monoisotopic (exact) mass is 478 g/mol. The van der Waals surface area contributed by atoms with Gasteiger partial charge in [0.1, 0.15) is 18.1 Å². The zero-order valence-corrected chi connectivity index (χ0v) is 20.3. The molecule has 10 nitrogen and oxygen atoms in total. The third-order valence-corrected chi connectivity index (χ3v) is 6.02. The third-order valence-electron chi connectivity index (χ3n) is 6.02. The zero-order valence-electron chi connectivity index (χ0n) is 20.3. The van der Waals surface area contributed by atoms with Gasteiger partial charge in [0.25, 0.3) is 0 Å². The Bertz CT molecular complexity index is 819. The van der Waals surface area contributed by atoms with E-state index in [0.29, 0.717) is 12.8 Å². The lowest BCUT2D eigenvalue weighted by Crippen LogP contribution is -2.60. The molecule has 0 aromatic heterocycles. The minimum absolute atomic E-state index is 0.287. The quantitative estimate of drug-likeness (QED) is 0.221. The molecule has 0 radical (unpaired) electrons. The fourth-order valence-electron chi connectivity index (χ4n) is 3.32. The topological polar surface area (TPSA) is 171 Å². The fraction of sp³-hybridized carbons (Fsp3) is 0.583. The lowest BCUT2D eigenvalue weighted by Gasteiger charge is -2.28. The van der Waals surface area contributed by atoms with Crippen LogP contribution in [0.1, 0.15) is 46.1 Å². The van der Waals surface area contributed by atoms with Crippen LogP contribution in [0, 0.1) is 11.8 Å². The van der Waals surface area contributed by atoms with Gasteiger partial charge in [0.2, 0.25) is 17.7 Å². The highest BCUT2D eigenvalue weighted by atomic mass is 16.4. The van der Waals surface area contributed by atoms with Gasteiger partial charge in [0, 0.05) is 0 Å². The number of aliphatic carboxylic acids is 1. The van der Waals surface area contributed by atoms with Crippen molar-refractivity contribution in [3.05, 3.63) is 35.9 Å². The summed E-state index contributed by atoms with van der Waals surface area (Å²) in [6, 6.07) is 4.81. The normalized spacial score (nSPS) is 16.3. The molecule has 7 N–H and O–H groups in total. The van der Waals surface area contributed by atoms with Gasteiger partial charge < -0.3 is 31.9 Å². The zero-order chi connectivity index (χ0) is 25.8. The van der Waals surface area contributed by atoms with Crippen LogP contribution < -0.4 is 21.7 Å². The number of aliphatic hydroxyl groups excluding tert-OH is 1. The van der Waals surface area contributed by atoms with Crippen molar-refractivity contribution < 1.29 is 29.4 Å². The third kappa shape index (κ3) is 8.75. The van der Waals surface area contributed by atoms with Crippen LogP contribution in [0.2, 0.25) is 0 Å². The van der Waals surface area contributed by atoms with Crippen molar-refractivity contribution in [2.24, 2.45) is 17.6 Å². The molecule has 6 unspecified atom stereocenters. The molecular formula is C24H38N4O6. The molecular weight excluding hydrogens is 440 g/mol. The van der Waals surface area contributed by atoms with E-state index in [-0.39, 0.29) is 18.3 Å². The molecule has 0 spiro atoms. The second-order valence-electron chi connectivity index (χ2n) is 8.62. The van der Waals surface area contributed by atoms with E-state index in [2.05, 4.69) is 16.0 Å². The second kappa shape index (κ2) is 14.3. The van der Waals surface area contributed by atoms with E-state index in [9.17, 15) is 29.4 Å². The van der Waals surface area contributed by atoms with Gasteiger partial charge in [-0.15, -0.1) is 0 Å². The molecule has 0 saturated carbocycles. The maximum atomic E-state index is 13.0. The Kier molecular flexibility index (Phi) is 12.2. The number of rotatable bonds is 14. The summed E-state index contributed by atoms with van der Waals surface area (Å²) in [6.45, 7) is 6.35. The number of carbonyl (C=O) groups is 4. The van der Waals surface area contributed by atoms with Crippen LogP contribution in [0.15, 0.2) is 30.3 Å². The molecule has 0 aliphatic heterocycles. The van der Waals surface area contributed by atoms with Gasteiger partial charge in [-0.1, -0.05) is 70.9 Å². The first-order valence-corrected chi connectivity index (χ1v) is 11.6. The first-order valence-electron chi connectivity index (χ1n) is 11.6. The summed E-state index contributed by atoms with van der Waals surface area (Å²) in [5, 5.41) is 26.5. The Morgan fingerprint density at radius 3 is 1.88 bits per heavy atom. The molecule has 6 atom stereocenters. The van der Waals surface area contributed by atoms with Crippen molar-refractivity contribution in [1.82, 2.24) is 16.0 Å². The predicted molar refractivity (Wildman–Crippen MR) is 128 cm³/mol. The summed E-state index contributed by atoms with van der Waals surface area (Å²) < 4.78 is 0. The van der Waals surface area contributed by atoms with Crippen molar-refractivity contribution in [2.45, 2.75) is 71.1 Å². The highest BCUT2D eigenvalue weighted by molar-refractivity contribution is 5.94. The summed E-state index contributed by atoms with van der Waals surface area (Å²) in [7, 11) is 0. The van der Waals surface area contributed by atoms with E-state index in [1.54, 1.807) is 20.8 Å². The molecule has 0 aliphatic rings. The standard InChI is InChI=1S/C24H38N4O6/c1-5-14(3)19(27-21(30)17(25)12-16-10-8-7-9-11-16)23(32)26-18(13-29)22(31)28-20(24(33)34)15(4)6-2/h7-11,14-15,17-20,29H,5-6,12-13,25H2,1-4H3,(H,26,32)(H,27,30)(H,28,31)(H,33,34). The van der Waals surface area contributed by atoms with Crippen LogP contribution in [0.5, 0.6) is 0 Å². The van der Waals surface area contributed by atoms with E-state index in [1.165, 1.54) is 0 Å². The molecule has 34 heavy (non-hydrogen) atoms. The molecule has 0 aliphatic carbocycles. The largest absolute Gasteiger partial charge is 0.480 e. The summed E-state index contributed by atoms with van der Waals surface area (Å²) in [5.41, 5.74) is 6.91. The molecule has 0 heterocycles. The number of amides is 3. The van der Waals surface area contributed by atoms with Gasteiger partial charge in [0.15, 0.2) is 0 Å². The number of nitrogens with one attached hydrogen (secondary N) is 3. The van der Waals surface area contributed by atoms with Crippen LogP contribution in [-0.2, 0) is 25.6 Å². The highest BCUT2D eigenvalue weighted by Gasteiger charge is 2.33. The average Bonchev–Trinajstić information content (AvgIpc) is 2.83. The summed E-state index contributed by atoms with van der Waals surface area (Å²) >= 11 is 0. The molecule has 1 aromatic carbocycles. The van der Waals surface area contributed by atoms with Crippen LogP contribution in [0.3, 0.4) is 0 Å². The van der Waals surface area contributed by atoms with Crippen molar-refractivity contribution in [2.75, 3.05) is 6.61 Å². The van der Waals surface area contributed by atoms with Gasteiger partial charge in [-0.05, 0) is 23.8 Å². The minimum atomic E-state index is -1.38. The summed E-state index contributed by atoms with van der Waals surface area (Å²) in [4.78, 5) is 49.7. The van der Waals surface area contributed by atoms with Crippen molar-refractivity contribution >= 4 is 23.7 Å². The average molecular weight is 479 g/mol. The van der Waals surface area contributed by atoms with E-state index < -0.39 is 54.5 Å². The fourth-order valence-corrected chi connectivity index (χ4v) is 3.32. The maximum Gasteiger partial charge on any atom is 0.326 e. The Labute approximate surface area is 200 Å². The second-order valence-corrected chi connectivity index (χ2v) is 8.62. The molecule has 0 bridgehead atoms. The number of nitrogens with two attached hydrogens (primary N) is 1. The Morgan fingerprint density at radius 1 is 0.853 bits per heavy atom. The van der Waals surface area contributed by atoms with E-state index in [1.807, 2.05) is 37.3 Å². The van der Waals surface area contributed by atoms with Gasteiger partial charge in [0.05, 0.1) is 12.6 Å². The lowest BCUT2D eigenvalue weighted by atomic mass is 9.96. The van der Waals surface area contributed by atoms with E-state index in [0.717, 1.165) is 5.56 Å². The Hall–Kier alpha value is -2.98. The van der Waals surface area contributed by atoms with Gasteiger partial charge in [-0.3, -0.25) is 14.4 Å². The smallest absolute Gasteiger partial charge is 0.326 e. The van der Waals surface area contributed by atoms with Crippen molar-refractivity contribution in [3.8, 4) is 0 Å². The van der Waals surface area contributed by atoms with Gasteiger partial charge in [-0.2, -0.15) is 0 Å².